The van der Waals surface area contributed by atoms with Crippen LogP contribution in [0.2, 0.25) is 5.02 Å². The summed E-state index contributed by atoms with van der Waals surface area (Å²) in [6.45, 7) is 2.45. The van der Waals surface area contributed by atoms with Crippen LogP contribution in [0.15, 0.2) is 24.3 Å². The molecule has 0 saturated carbocycles. The monoisotopic (exact) mass is 485 g/mol. The summed E-state index contributed by atoms with van der Waals surface area (Å²) in [5, 5.41) is 21.2. The van der Waals surface area contributed by atoms with Crippen molar-refractivity contribution < 1.29 is 13.9 Å². The van der Waals surface area contributed by atoms with E-state index in [4.69, 9.17) is 17.3 Å². The van der Waals surface area contributed by atoms with Crippen LogP contribution < -0.4 is 10.6 Å². The second kappa shape index (κ2) is 7.76. The maximum absolute atomic E-state index is 15.9. The molecule has 33 heavy (non-hydrogen) atoms. The van der Waals surface area contributed by atoms with Gasteiger partial charge in [0.25, 0.3) is 0 Å². The molecule has 4 aromatic rings. The fourth-order valence-corrected chi connectivity index (χ4v) is 5.77. The summed E-state index contributed by atoms with van der Waals surface area (Å²) in [5.41, 5.74) is 5.43. The number of thiophene rings is 1. The average molecular weight is 486 g/mol. The van der Waals surface area contributed by atoms with E-state index in [1.807, 2.05) is 0 Å². The number of hydrogen-bond donors (Lipinski definition) is 2. The Morgan fingerprint density at radius 3 is 2.85 bits per heavy atom. The Labute approximate surface area is 196 Å². The van der Waals surface area contributed by atoms with Gasteiger partial charge in [0.1, 0.15) is 22.4 Å². The SMILES string of the molecule is C[C@@]1(O)CCCN(c2nc(F)nc3c(F)c(-c4cccc5sc(N)c(C#N)c45)c(Cl)cc23)C1. The molecule has 0 amide bonds. The van der Waals surface area contributed by atoms with Crippen molar-refractivity contribution in [1.82, 2.24) is 9.97 Å². The van der Waals surface area contributed by atoms with Gasteiger partial charge in [-0.2, -0.15) is 19.6 Å². The molecule has 2 aromatic heterocycles. The molecular formula is C23H18ClF2N5OS. The molecule has 0 unspecified atom stereocenters. The van der Waals surface area contributed by atoms with Crippen LogP contribution in [0.5, 0.6) is 0 Å². The Kier molecular flexibility index (Phi) is 5.12. The highest BCUT2D eigenvalue weighted by Crippen LogP contribution is 2.44. The molecule has 168 valence electrons. The molecule has 5 rings (SSSR count). The highest BCUT2D eigenvalue weighted by Gasteiger charge is 2.31. The summed E-state index contributed by atoms with van der Waals surface area (Å²) in [6.07, 6.45) is 0.196. The molecule has 3 N–H and O–H groups in total. The molecule has 1 atom stereocenters. The van der Waals surface area contributed by atoms with Crippen LogP contribution >= 0.6 is 22.9 Å². The van der Waals surface area contributed by atoms with Crippen molar-refractivity contribution in [3.8, 4) is 17.2 Å². The van der Waals surface area contributed by atoms with E-state index in [2.05, 4.69) is 16.0 Å². The normalized spacial score (nSPS) is 18.7. The van der Waals surface area contributed by atoms with E-state index in [1.54, 1.807) is 30.0 Å². The zero-order chi connectivity index (χ0) is 23.5. The summed E-state index contributed by atoms with van der Waals surface area (Å²) in [7, 11) is 0. The van der Waals surface area contributed by atoms with E-state index >= 15 is 4.39 Å². The third-order valence-electron chi connectivity index (χ3n) is 5.93. The number of nitrogens with two attached hydrogens (primary N) is 1. The molecule has 1 aliphatic rings. The Hall–Kier alpha value is -3.06. The molecule has 0 bridgehead atoms. The highest BCUT2D eigenvalue weighted by atomic mass is 35.5. The standard InChI is InChI=1S/C23H18ClF2N5OS/c1-23(32)6-3-7-31(10-23)21-12-8-14(24)17(18(25)19(12)29-22(26)30-21)11-4-2-5-15-16(11)13(9-27)20(28)33-15/h2,4-5,8,32H,3,6-7,10,28H2,1H3/t23-/m1/s1. The Bertz CT molecular complexity index is 1480. The van der Waals surface area contributed by atoms with Crippen LogP contribution in [0.4, 0.5) is 19.6 Å². The van der Waals surface area contributed by atoms with Gasteiger partial charge in [-0.3, -0.25) is 0 Å². The minimum Gasteiger partial charge on any atom is -0.389 e. The molecule has 3 heterocycles. The number of aromatic nitrogens is 2. The Morgan fingerprint density at radius 1 is 1.33 bits per heavy atom. The molecule has 1 fully saturated rings. The number of fused-ring (bicyclic) bond motifs is 2. The van der Waals surface area contributed by atoms with E-state index in [9.17, 15) is 14.8 Å². The zero-order valence-electron chi connectivity index (χ0n) is 17.5. The van der Waals surface area contributed by atoms with E-state index in [1.165, 1.54) is 17.4 Å². The van der Waals surface area contributed by atoms with Gasteiger partial charge >= 0.3 is 6.08 Å². The largest absolute Gasteiger partial charge is 0.389 e. The van der Waals surface area contributed by atoms with Gasteiger partial charge in [0.15, 0.2) is 5.82 Å². The molecule has 0 aliphatic carbocycles. The quantitative estimate of drug-likeness (QED) is 0.376. The highest BCUT2D eigenvalue weighted by molar-refractivity contribution is 7.23. The fraction of sp³-hybridized carbons (Fsp3) is 0.261. The molecule has 10 heteroatoms. The summed E-state index contributed by atoms with van der Waals surface area (Å²) in [5.74, 6) is -0.634. The molecule has 0 radical (unpaired) electrons. The van der Waals surface area contributed by atoms with Gasteiger partial charge in [0, 0.05) is 34.1 Å². The molecule has 1 saturated heterocycles. The minimum atomic E-state index is -1.08. The molecule has 0 spiro atoms. The number of rotatable bonds is 2. The number of benzene rings is 2. The van der Waals surface area contributed by atoms with Crippen LogP contribution in [0.1, 0.15) is 25.3 Å². The van der Waals surface area contributed by atoms with E-state index in [-0.39, 0.29) is 39.4 Å². The van der Waals surface area contributed by atoms with E-state index in [0.29, 0.717) is 40.0 Å². The number of aliphatic hydroxyl groups is 1. The minimum absolute atomic E-state index is 0.0127. The summed E-state index contributed by atoms with van der Waals surface area (Å²) < 4.78 is 31.1. The van der Waals surface area contributed by atoms with Crippen molar-refractivity contribution in [2.24, 2.45) is 0 Å². The smallest absolute Gasteiger partial charge is 0.311 e. The number of β-amino-alcohol motifs (C(OH)–C–C–N with tert-alkyl or cyclic N) is 1. The van der Waals surface area contributed by atoms with E-state index < -0.39 is 17.5 Å². The van der Waals surface area contributed by atoms with E-state index in [0.717, 1.165) is 0 Å². The van der Waals surface area contributed by atoms with Crippen LogP contribution in [0.3, 0.4) is 0 Å². The first kappa shape index (κ1) is 21.8. The van der Waals surface area contributed by atoms with Gasteiger partial charge < -0.3 is 15.7 Å². The molecule has 2 aromatic carbocycles. The second-order valence-corrected chi connectivity index (χ2v) is 9.90. The van der Waals surface area contributed by atoms with Crippen LogP contribution in [-0.2, 0) is 0 Å². The number of halogens is 3. The molecular weight excluding hydrogens is 468 g/mol. The number of nitrogen functional groups attached to an aromatic ring is 1. The Balaban J connectivity index is 1.78. The lowest BCUT2D eigenvalue weighted by Gasteiger charge is -2.37. The van der Waals surface area contributed by atoms with Gasteiger partial charge in [-0.25, -0.2) is 4.39 Å². The lowest BCUT2D eigenvalue weighted by atomic mass is 9.94. The predicted octanol–water partition coefficient (Wildman–Crippen LogP) is 5.25. The van der Waals surface area contributed by atoms with Crippen molar-refractivity contribution in [2.75, 3.05) is 23.7 Å². The number of piperidine rings is 1. The Morgan fingerprint density at radius 2 is 2.12 bits per heavy atom. The van der Waals surface area contributed by atoms with Gasteiger partial charge in [0.2, 0.25) is 0 Å². The van der Waals surface area contributed by atoms with Crippen molar-refractivity contribution in [2.45, 2.75) is 25.4 Å². The fourth-order valence-electron chi connectivity index (χ4n) is 4.53. The first-order chi connectivity index (χ1) is 15.7. The lowest BCUT2D eigenvalue weighted by Crippen LogP contribution is -2.46. The number of nitrogens with zero attached hydrogens (tertiary/aromatic N) is 4. The third kappa shape index (κ3) is 3.55. The van der Waals surface area contributed by atoms with Crippen LogP contribution in [-0.4, -0.2) is 33.8 Å². The number of anilines is 2. The first-order valence-electron chi connectivity index (χ1n) is 10.2. The molecule has 1 aliphatic heterocycles. The van der Waals surface area contributed by atoms with Crippen molar-refractivity contribution in [1.29, 1.82) is 5.26 Å². The second-order valence-electron chi connectivity index (χ2n) is 8.41. The summed E-state index contributed by atoms with van der Waals surface area (Å²) >= 11 is 7.81. The van der Waals surface area contributed by atoms with Gasteiger partial charge in [-0.15, -0.1) is 11.3 Å². The number of nitriles is 1. The topological polar surface area (TPSA) is 99.1 Å². The maximum Gasteiger partial charge on any atom is 0.311 e. The first-order valence-corrected chi connectivity index (χ1v) is 11.4. The predicted molar refractivity (Wildman–Crippen MR) is 126 cm³/mol. The zero-order valence-corrected chi connectivity index (χ0v) is 19.1. The van der Waals surface area contributed by atoms with Gasteiger partial charge in [-0.05, 0) is 37.5 Å². The molecule has 6 nitrogen and oxygen atoms in total. The summed E-state index contributed by atoms with van der Waals surface area (Å²) in [4.78, 5) is 9.37. The van der Waals surface area contributed by atoms with Gasteiger partial charge in [-0.1, -0.05) is 23.7 Å². The number of hydrogen-bond acceptors (Lipinski definition) is 7. The average Bonchev–Trinajstić information content (AvgIpc) is 3.09. The van der Waals surface area contributed by atoms with Crippen molar-refractivity contribution in [3.05, 3.63) is 46.7 Å². The third-order valence-corrected chi connectivity index (χ3v) is 7.22. The van der Waals surface area contributed by atoms with Crippen LogP contribution in [0.25, 0.3) is 32.1 Å². The summed E-state index contributed by atoms with van der Waals surface area (Å²) in [6, 6.07) is 8.74. The van der Waals surface area contributed by atoms with Gasteiger partial charge in [0.05, 0.1) is 16.2 Å². The van der Waals surface area contributed by atoms with Crippen molar-refractivity contribution >= 4 is 54.7 Å². The lowest BCUT2D eigenvalue weighted by molar-refractivity contribution is 0.0447. The van der Waals surface area contributed by atoms with Crippen LogP contribution in [0, 0.1) is 23.2 Å². The maximum atomic E-state index is 15.9. The van der Waals surface area contributed by atoms with Crippen molar-refractivity contribution in [3.63, 3.8) is 0 Å².